The molecule has 0 aliphatic rings. The minimum Gasteiger partial charge on any atom is -0.481 e. The van der Waals surface area contributed by atoms with Crippen LogP contribution in [0.3, 0.4) is 0 Å². The van der Waals surface area contributed by atoms with Crippen molar-refractivity contribution in [3.05, 3.63) is 42.7 Å². The van der Waals surface area contributed by atoms with E-state index in [4.69, 9.17) is 9.84 Å². The number of carbonyl (C=O) groups is 1. The van der Waals surface area contributed by atoms with Crippen LogP contribution in [-0.4, -0.2) is 11.1 Å². The molecule has 3 heteroatoms. The Morgan fingerprint density at radius 3 is 2.69 bits per heavy atom. The third-order valence-corrected chi connectivity index (χ3v) is 1.34. The smallest absolute Gasteiger partial charge is 0.307 e. The Balaban J connectivity index is 2.35. The number of hydrogen-bond donors (Lipinski definition) is 1. The van der Waals surface area contributed by atoms with Gasteiger partial charge in [0, 0.05) is 0 Å². The first-order valence-corrected chi connectivity index (χ1v) is 3.87. The second kappa shape index (κ2) is 4.98. The van der Waals surface area contributed by atoms with E-state index in [2.05, 4.69) is 0 Å². The fraction of sp³-hybridized carbons (Fsp3) is 0.100. The molecule has 13 heavy (non-hydrogen) atoms. The predicted molar refractivity (Wildman–Crippen MR) is 48.5 cm³/mol. The SMILES string of the molecule is O=C(O)CC=COc1ccccc1. The number of carboxylic acid groups (broad SMARTS) is 1. The molecule has 0 bridgehead atoms. The van der Waals surface area contributed by atoms with Gasteiger partial charge < -0.3 is 9.84 Å². The van der Waals surface area contributed by atoms with Crippen LogP contribution < -0.4 is 4.74 Å². The number of carboxylic acids is 1. The highest BCUT2D eigenvalue weighted by Crippen LogP contribution is 2.08. The molecule has 68 valence electrons. The van der Waals surface area contributed by atoms with Gasteiger partial charge in [-0.15, -0.1) is 0 Å². The molecule has 0 aromatic heterocycles. The lowest BCUT2D eigenvalue weighted by atomic mass is 10.3. The van der Waals surface area contributed by atoms with Crippen molar-refractivity contribution in [3.63, 3.8) is 0 Å². The Kier molecular flexibility index (Phi) is 3.57. The highest BCUT2D eigenvalue weighted by atomic mass is 16.5. The summed E-state index contributed by atoms with van der Waals surface area (Å²) in [6, 6.07) is 9.17. The summed E-state index contributed by atoms with van der Waals surface area (Å²) in [6.07, 6.45) is 2.81. The van der Waals surface area contributed by atoms with E-state index in [-0.39, 0.29) is 6.42 Å². The van der Waals surface area contributed by atoms with Crippen molar-refractivity contribution >= 4 is 5.97 Å². The third kappa shape index (κ3) is 3.96. The van der Waals surface area contributed by atoms with Crippen molar-refractivity contribution < 1.29 is 14.6 Å². The monoisotopic (exact) mass is 178 g/mol. The topological polar surface area (TPSA) is 46.5 Å². The second-order valence-corrected chi connectivity index (χ2v) is 2.40. The largest absolute Gasteiger partial charge is 0.481 e. The van der Waals surface area contributed by atoms with E-state index in [1.54, 1.807) is 12.1 Å². The Bertz CT molecular complexity index is 290. The standard InChI is InChI=1S/C10H10O3/c11-10(12)7-4-8-13-9-5-2-1-3-6-9/h1-6,8H,7H2,(H,11,12). The van der Waals surface area contributed by atoms with Gasteiger partial charge in [-0.25, -0.2) is 0 Å². The Labute approximate surface area is 76.3 Å². The summed E-state index contributed by atoms with van der Waals surface area (Å²) < 4.78 is 5.11. The lowest BCUT2D eigenvalue weighted by Gasteiger charge is -1.96. The third-order valence-electron chi connectivity index (χ3n) is 1.34. The first-order chi connectivity index (χ1) is 6.29. The summed E-state index contributed by atoms with van der Waals surface area (Å²) in [5.74, 6) is -0.169. The van der Waals surface area contributed by atoms with E-state index in [1.165, 1.54) is 12.3 Å². The highest BCUT2D eigenvalue weighted by molar-refractivity contribution is 5.68. The van der Waals surface area contributed by atoms with Crippen LogP contribution in [-0.2, 0) is 4.79 Å². The second-order valence-electron chi connectivity index (χ2n) is 2.40. The van der Waals surface area contributed by atoms with Gasteiger partial charge in [0.25, 0.3) is 0 Å². The van der Waals surface area contributed by atoms with E-state index in [0.717, 1.165) is 0 Å². The molecule has 0 aliphatic carbocycles. The molecular formula is C10H10O3. The molecule has 0 unspecified atom stereocenters. The molecule has 1 aromatic carbocycles. The van der Waals surface area contributed by atoms with Crippen molar-refractivity contribution in [3.8, 4) is 5.75 Å². The minimum absolute atomic E-state index is 0.0210. The molecule has 1 aromatic rings. The number of hydrogen-bond acceptors (Lipinski definition) is 2. The molecule has 1 rings (SSSR count). The van der Waals surface area contributed by atoms with Gasteiger partial charge >= 0.3 is 5.97 Å². The van der Waals surface area contributed by atoms with E-state index >= 15 is 0 Å². The van der Waals surface area contributed by atoms with Gasteiger partial charge in [-0.1, -0.05) is 18.2 Å². The Hall–Kier alpha value is -1.77. The van der Waals surface area contributed by atoms with E-state index in [9.17, 15) is 4.79 Å². The summed E-state index contributed by atoms with van der Waals surface area (Å²) in [5.41, 5.74) is 0. The molecule has 0 saturated carbocycles. The van der Waals surface area contributed by atoms with Crippen LogP contribution in [0, 0.1) is 0 Å². The van der Waals surface area contributed by atoms with E-state index < -0.39 is 5.97 Å². The molecule has 0 heterocycles. The highest BCUT2D eigenvalue weighted by Gasteiger charge is 1.89. The Morgan fingerprint density at radius 1 is 1.38 bits per heavy atom. The molecular weight excluding hydrogens is 168 g/mol. The Morgan fingerprint density at radius 2 is 2.08 bits per heavy atom. The molecule has 0 fully saturated rings. The van der Waals surface area contributed by atoms with Gasteiger partial charge in [0.05, 0.1) is 12.7 Å². The van der Waals surface area contributed by atoms with Crippen LogP contribution >= 0.6 is 0 Å². The van der Waals surface area contributed by atoms with Gasteiger partial charge in [0.1, 0.15) is 5.75 Å². The van der Waals surface area contributed by atoms with Crippen LogP contribution in [0.2, 0.25) is 0 Å². The van der Waals surface area contributed by atoms with Crippen molar-refractivity contribution in [2.45, 2.75) is 6.42 Å². The molecule has 0 aliphatic heterocycles. The molecule has 1 N–H and O–H groups in total. The van der Waals surface area contributed by atoms with Crippen molar-refractivity contribution in [1.82, 2.24) is 0 Å². The fourth-order valence-electron chi connectivity index (χ4n) is 0.775. The zero-order chi connectivity index (χ0) is 9.52. The van der Waals surface area contributed by atoms with Crippen LogP contribution in [0.1, 0.15) is 6.42 Å². The van der Waals surface area contributed by atoms with E-state index in [0.29, 0.717) is 5.75 Å². The van der Waals surface area contributed by atoms with Crippen molar-refractivity contribution in [1.29, 1.82) is 0 Å². The summed E-state index contributed by atoms with van der Waals surface area (Å²) in [5, 5.41) is 8.30. The number of rotatable bonds is 4. The van der Waals surface area contributed by atoms with Crippen LogP contribution in [0.25, 0.3) is 0 Å². The molecule has 0 radical (unpaired) electrons. The van der Waals surface area contributed by atoms with E-state index in [1.807, 2.05) is 18.2 Å². The van der Waals surface area contributed by atoms with Crippen molar-refractivity contribution in [2.24, 2.45) is 0 Å². The maximum atomic E-state index is 10.1. The summed E-state index contributed by atoms with van der Waals surface area (Å²) in [4.78, 5) is 10.1. The number of aliphatic carboxylic acids is 1. The zero-order valence-electron chi connectivity index (χ0n) is 7.01. The number of benzene rings is 1. The average Bonchev–Trinajstić information content (AvgIpc) is 2.14. The minimum atomic E-state index is -0.868. The maximum Gasteiger partial charge on any atom is 0.307 e. The van der Waals surface area contributed by atoms with Gasteiger partial charge in [-0.05, 0) is 18.2 Å². The van der Waals surface area contributed by atoms with Crippen LogP contribution in [0.4, 0.5) is 0 Å². The average molecular weight is 178 g/mol. The van der Waals surface area contributed by atoms with Gasteiger partial charge in [-0.3, -0.25) is 4.79 Å². The van der Waals surface area contributed by atoms with Crippen LogP contribution in [0.15, 0.2) is 42.7 Å². The summed E-state index contributed by atoms with van der Waals surface area (Å²) in [7, 11) is 0. The number of para-hydroxylation sites is 1. The van der Waals surface area contributed by atoms with Crippen molar-refractivity contribution in [2.75, 3.05) is 0 Å². The first-order valence-electron chi connectivity index (χ1n) is 3.87. The molecule has 0 spiro atoms. The normalized spacial score (nSPS) is 10.2. The zero-order valence-corrected chi connectivity index (χ0v) is 7.01. The quantitative estimate of drug-likeness (QED) is 0.718. The maximum absolute atomic E-state index is 10.1. The first kappa shape index (κ1) is 9.32. The van der Waals surface area contributed by atoms with Gasteiger partial charge in [-0.2, -0.15) is 0 Å². The predicted octanol–water partition coefficient (Wildman–Crippen LogP) is 2.05. The molecule has 3 nitrogen and oxygen atoms in total. The summed E-state index contributed by atoms with van der Waals surface area (Å²) in [6.45, 7) is 0. The summed E-state index contributed by atoms with van der Waals surface area (Å²) >= 11 is 0. The van der Waals surface area contributed by atoms with Crippen LogP contribution in [0.5, 0.6) is 5.75 Å². The lowest BCUT2D eigenvalue weighted by molar-refractivity contribution is -0.136. The van der Waals surface area contributed by atoms with Gasteiger partial charge in [0.15, 0.2) is 0 Å². The molecule has 0 amide bonds. The molecule has 0 atom stereocenters. The fourth-order valence-corrected chi connectivity index (χ4v) is 0.775. The van der Waals surface area contributed by atoms with Gasteiger partial charge in [0.2, 0.25) is 0 Å². The lowest BCUT2D eigenvalue weighted by Crippen LogP contribution is -1.90. The number of ether oxygens (including phenoxy) is 1. The molecule has 0 saturated heterocycles.